The van der Waals surface area contributed by atoms with E-state index in [0.29, 0.717) is 12.6 Å². The minimum absolute atomic E-state index is 0.507. The van der Waals surface area contributed by atoms with Crippen LogP contribution in [0.5, 0.6) is 0 Å². The maximum Gasteiger partial charge on any atom is 0.0660 e. The van der Waals surface area contributed by atoms with Gasteiger partial charge in [0.1, 0.15) is 0 Å². The third kappa shape index (κ3) is 2.00. The SMILES string of the molecule is NCc1c2c(nn1C1CCOCC1)CCCC2. The second kappa shape index (κ2) is 4.78. The van der Waals surface area contributed by atoms with Gasteiger partial charge in [-0.25, -0.2) is 0 Å². The maximum atomic E-state index is 5.93. The molecule has 0 atom stereocenters. The predicted molar refractivity (Wildman–Crippen MR) is 65.9 cm³/mol. The van der Waals surface area contributed by atoms with Gasteiger partial charge in [0, 0.05) is 19.8 Å². The zero-order chi connectivity index (χ0) is 11.7. The number of nitrogens with zero attached hydrogens (tertiary/aromatic N) is 2. The number of ether oxygens (including phenoxy) is 1. The number of hydrogen-bond acceptors (Lipinski definition) is 3. The Morgan fingerprint density at radius 2 is 2.00 bits per heavy atom. The van der Waals surface area contributed by atoms with Gasteiger partial charge in [0.05, 0.1) is 17.4 Å². The summed E-state index contributed by atoms with van der Waals surface area (Å²) in [5.41, 5.74) is 9.98. The van der Waals surface area contributed by atoms with Crippen LogP contribution in [0.1, 0.15) is 48.7 Å². The summed E-state index contributed by atoms with van der Waals surface area (Å²) in [6.07, 6.45) is 7.03. The summed E-state index contributed by atoms with van der Waals surface area (Å²) in [5.74, 6) is 0. The first kappa shape index (κ1) is 11.2. The summed E-state index contributed by atoms with van der Waals surface area (Å²) < 4.78 is 7.65. The van der Waals surface area contributed by atoms with E-state index in [1.165, 1.54) is 36.2 Å². The molecule has 0 radical (unpaired) electrons. The van der Waals surface area contributed by atoms with Gasteiger partial charge >= 0.3 is 0 Å². The van der Waals surface area contributed by atoms with Crippen molar-refractivity contribution < 1.29 is 4.74 Å². The third-order valence-corrected chi connectivity index (χ3v) is 4.02. The van der Waals surface area contributed by atoms with E-state index < -0.39 is 0 Å². The lowest BCUT2D eigenvalue weighted by Gasteiger charge is -2.24. The molecule has 2 aliphatic rings. The monoisotopic (exact) mass is 235 g/mol. The Morgan fingerprint density at radius 3 is 2.76 bits per heavy atom. The van der Waals surface area contributed by atoms with Crippen molar-refractivity contribution in [1.29, 1.82) is 0 Å². The number of rotatable bonds is 2. The highest BCUT2D eigenvalue weighted by molar-refractivity contribution is 5.29. The molecule has 17 heavy (non-hydrogen) atoms. The van der Waals surface area contributed by atoms with E-state index in [4.69, 9.17) is 15.6 Å². The van der Waals surface area contributed by atoms with Crippen LogP contribution >= 0.6 is 0 Å². The molecular formula is C13H21N3O. The summed E-state index contributed by atoms with van der Waals surface area (Å²) in [7, 11) is 0. The lowest BCUT2D eigenvalue weighted by atomic mass is 9.96. The maximum absolute atomic E-state index is 5.93. The Hall–Kier alpha value is -0.870. The van der Waals surface area contributed by atoms with Crippen molar-refractivity contribution in [3.8, 4) is 0 Å². The Bertz CT molecular complexity index is 394. The van der Waals surface area contributed by atoms with Gasteiger partial charge in [-0.05, 0) is 44.1 Å². The number of aryl methyl sites for hydroxylation is 1. The standard InChI is InChI=1S/C13H21N3O/c14-9-13-11-3-1-2-4-12(11)15-16(13)10-5-7-17-8-6-10/h10H,1-9,14H2. The fourth-order valence-corrected chi connectivity index (χ4v) is 3.09. The quantitative estimate of drug-likeness (QED) is 0.846. The second-order valence-electron chi connectivity index (χ2n) is 5.07. The van der Waals surface area contributed by atoms with Crippen LogP contribution in [0.3, 0.4) is 0 Å². The van der Waals surface area contributed by atoms with Crippen molar-refractivity contribution in [3.63, 3.8) is 0 Å². The highest BCUT2D eigenvalue weighted by atomic mass is 16.5. The molecule has 0 amide bonds. The number of hydrogen-bond donors (Lipinski definition) is 1. The highest BCUT2D eigenvalue weighted by Gasteiger charge is 2.24. The van der Waals surface area contributed by atoms with Crippen LogP contribution in [0.2, 0.25) is 0 Å². The Morgan fingerprint density at radius 1 is 1.24 bits per heavy atom. The smallest absolute Gasteiger partial charge is 0.0660 e. The Labute approximate surface area is 102 Å². The minimum Gasteiger partial charge on any atom is -0.381 e. The minimum atomic E-state index is 0.507. The van der Waals surface area contributed by atoms with Gasteiger partial charge in [0.25, 0.3) is 0 Å². The van der Waals surface area contributed by atoms with E-state index in [1.54, 1.807) is 0 Å². The van der Waals surface area contributed by atoms with Crippen LogP contribution in [-0.4, -0.2) is 23.0 Å². The molecule has 0 aromatic carbocycles. The molecule has 1 aliphatic heterocycles. The molecular weight excluding hydrogens is 214 g/mol. The lowest BCUT2D eigenvalue weighted by Crippen LogP contribution is -2.23. The van der Waals surface area contributed by atoms with Gasteiger partial charge in [-0.3, -0.25) is 4.68 Å². The van der Waals surface area contributed by atoms with E-state index in [1.807, 2.05) is 0 Å². The first-order valence-corrected chi connectivity index (χ1v) is 6.77. The molecule has 94 valence electrons. The topological polar surface area (TPSA) is 53.1 Å². The number of aromatic nitrogens is 2. The average Bonchev–Trinajstić information content (AvgIpc) is 2.78. The van der Waals surface area contributed by atoms with Crippen LogP contribution in [-0.2, 0) is 24.1 Å². The van der Waals surface area contributed by atoms with E-state index in [-0.39, 0.29) is 0 Å². The fourth-order valence-electron chi connectivity index (χ4n) is 3.09. The van der Waals surface area contributed by atoms with E-state index in [9.17, 15) is 0 Å². The second-order valence-corrected chi connectivity index (χ2v) is 5.07. The van der Waals surface area contributed by atoms with Crippen molar-refractivity contribution in [2.45, 2.75) is 51.1 Å². The fraction of sp³-hybridized carbons (Fsp3) is 0.769. The summed E-state index contributed by atoms with van der Waals surface area (Å²) in [6, 6.07) is 0.507. The summed E-state index contributed by atoms with van der Waals surface area (Å²) in [5, 5.41) is 4.83. The predicted octanol–water partition coefficient (Wildman–Crippen LogP) is 1.57. The molecule has 0 spiro atoms. The number of nitrogens with two attached hydrogens (primary N) is 1. The summed E-state index contributed by atoms with van der Waals surface area (Å²) in [4.78, 5) is 0. The van der Waals surface area contributed by atoms with E-state index in [2.05, 4.69) is 4.68 Å². The molecule has 3 rings (SSSR count). The summed E-state index contributed by atoms with van der Waals surface area (Å²) >= 11 is 0. The van der Waals surface area contributed by atoms with Crippen LogP contribution < -0.4 is 5.73 Å². The van der Waals surface area contributed by atoms with Gasteiger partial charge in [-0.15, -0.1) is 0 Å². The zero-order valence-electron chi connectivity index (χ0n) is 10.3. The molecule has 1 aromatic rings. The molecule has 1 saturated heterocycles. The molecule has 0 saturated carbocycles. The van der Waals surface area contributed by atoms with Crippen molar-refractivity contribution in [1.82, 2.24) is 9.78 Å². The van der Waals surface area contributed by atoms with Crippen LogP contribution in [0.4, 0.5) is 0 Å². The highest BCUT2D eigenvalue weighted by Crippen LogP contribution is 2.29. The molecule has 2 heterocycles. The molecule has 2 N–H and O–H groups in total. The average molecular weight is 235 g/mol. The van der Waals surface area contributed by atoms with E-state index in [0.717, 1.165) is 32.5 Å². The first-order valence-electron chi connectivity index (χ1n) is 6.77. The Kier molecular flexibility index (Phi) is 3.16. The van der Waals surface area contributed by atoms with Crippen LogP contribution in [0.15, 0.2) is 0 Å². The molecule has 0 bridgehead atoms. The number of fused-ring (bicyclic) bond motifs is 1. The van der Waals surface area contributed by atoms with E-state index >= 15 is 0 Å². The largest absolute Gasteiger partial charge is 0.381 e. The normalized spacial score (nSPS) is 21.5. The first-order chi connectivity index (χ1) is 8.40. The molecule has 4 heteroatoms. The van der Waals surface area contributed by atoms with Crippen molar-refractivity contribution in [3.05, 3.63) is 17.0 Å². The molecule has 1 fully saturated rings. The molecule has 0 unspecified atom stereocenters. The van der Waals surface area contributed by atoms with Crippen molar-refractivity contribution in [2.24, 2.45) is 5.73 Å². The molecule has 1 aliphatic carbocycles. The van der Waals surface area contributed by atoms with Crippen molar-refractivity contribution >= 4 is 0 Å². The molecule has 4 nitrogen and oxygen atoms in total. The van der Waals surface area contributed by atoms with Crippen LogP contribution in [0.25, 0.3) is 0 Å². The Balaban J connectivity index is 1.94. The third-order valence-electron chi connectivity index (χ3n) is 4.02. The molecule has 1 aromatic heterocycles. The van der Waals surface area contributed by atoms with Crippen LogP contribution in [0, 0.1) is 0 Å². The van der Waals surface area contributed by atoms with Gasteiger partial charge in [-0.1, -0.05) is 0 Å². The lowest BCUT2D eigenvalue weighted by molar-refractivity contribution is 0.0653. The zero-order valence-corrected chi connectivity index (χ0v) is 10.3. The van der Waals surface area contributed by atoms with Gasteiger partial charge in [0.2, 0.25) is 0 Å². The van der Waals surface area contributed by atoms with Gasteiger partial charge in [0.15, 0.2) is 0 Å². The van der Waals surface area contributed by atoms with Gasteiger partial charge in [-0.2, -0.15) is 5.10 Å². The van der Waals surface area contributed by atoms with Crippen molar-refractivity contribution in [2.75, 3.05) is 13.2 Å². The summed E-state index contributed by atoms with van der Waals surface area (Å²) in [6.45, 7) is 2.35. The van der Waals surface area contributed by atoms with Gasteiger partial charge < -0.3 is 10.5 Å².